The van der Waals surface area contributed by atoms with E-state index in [0.29, 0.717) is 16.5 Å². The van der Waals surface area contributed by atoms with E-state index in [-0.39, 0.29) is 27.6 Å². The van der Waals surface area contributed by atoms with Crippen molar-refractivity contribution in [3.8, 4) is 16.9 Å². The highest BCUT2D eigenvalue weighted by molar-refractivity contribution is 6.33. The minimum absolute atomic E-state index is 0.0759. The Bertz CT molecular complexity index is 1490. The number of carbonyl (C=O) groups is 2. The molecule has 8 nitrogen and oxygen atoms in total. The third-order valence-electron chi connectivity index (χ3n) is 4.87. The molecule has 0 saturated carbocycles. The highest BCUT2D eigenvalue weighted by Gasteiger charge is 2.18. The lowest BCUT2D eigenvalue weighted by molar-refractivity contribution is -0.122. The maximum absolute atomic E-state index is 13.4. The van der Waals surface area contributed by atoms with E-state index in [1.807, 2.05) is 0 Å². The van der Waals surface area contributed by atoms with Crippen LogP contribution in [0.15, 0.2) is 70.1 Å². The topological polar surface area (TPSA) is 119 Å². The zero-order chi connectivity index (χ0) is 24.4. The Morgan fingerprint density at radius 1 is 1.12 bits per heavy atom. The fourth-order valence-corrected chi connectivity index (χ4v) is 3.54. The van der Waals surface area contributed by atoms with Gasteiger partial charge in [0, 0.05) is 34.8 Å². The van der Waals surface area contributed by atoms with Gasteiger partial charge in [-0.1, -0.05) is 11.6 Å². The molecule has 10 heteroatoms. The molecule has 0 aliphatic rings. The van der Waals surface area contributed by atoms with Crippen molar-refractivity contribution < 1.29 is 28.2 Å². The maximum Gasteiger partial charge on any atom is 0.337 e. The second kappa shape index (κ2) is 9.32. The van der Waals surface area contributed by atoms with Crippen molar-refractivity contribution in [3.63, 3.8) is 0 Å². The zero-order valence-corrected chi connectivity index (χ0v) is 18.3. The number of benzene rings is 2. The molecule has 0 spiro atoms. The van der Waals surface area contributed by atoms with Crippen LogP contribution in [0.2, 0.25) is 5.02 Å². The summed E-state index contributed by atoms with van der Waals surface area (Å²) in [4.78, 5) is 39.5. The molecule has 0 aliphatic carbocycles. The lowest BCUT2D eigenvalue weighted by Gasteiger charge is -2.15. The molecule has 0 aliphatic heterocycles. The molecule has 2 aromatic carbocycles. The van der Waals surface area contributed by atoms with Crippen LogP contribution in [0, 0.1) is 5.82 Å². The number of nitrogens with zero attached hydrogens (tertiary/aromatic N) is 1. The molecule has 172 valence electrons. The first-order valence-electron chi connectivity index (χ1n) is 9.90. The van der Waals surface area contributed by atoms with Gasteiger partial charge in [0.05, 0.1) is 22.5 Å². The van der Waals surface area contributed by atoms with E-state index in [1.165, 1.54) is 43.5 Å². The van der Waals surface area contributed by atoms with Gasteiger partial charge in [0.15, 0.2) is 6.10 Å². The summed E-state index contributed by atoms with van der Waals surface area (Å²) in [5, 5.41) is 12.3. The Labute approximate surface area is 196 Å². The number of carbonyl (C=O) groups excluding carboxylic acids is 1. The predicted octanol–water partition coefficient (Wildman–Crippen LogP) is 4.75. The molecule has 4 aromatic rings. The van der Waals surface area contributed by atoms with Gasteiger partial charge in [-0.25, -0.2) is 14.0 Å². The van der Waals surface area contributed by atoms with E-state index in [1.54, 1.807) is 12.1 Å². The number of hydrogen-bond donors (Lipinski definition) is 2. The van der Waals surface area contributed by atoms with Gasteiger partial charge < -0.3 is 19.6 Å². The van der Waals surface area contributed by atoms with Gasteiger partial charge in [0.1, 0.15) is 17.1 Å². The molecule has 0 saturated heterocycles. The lowest BCUT2D eigenvalue weighted by atomic mass is 10.0. The summed E-state index contributed by atoms with van der Waals surface area (Å²) in [5.74, 6) is -1.97. The number of amides is 1. The van der Waals surface area contributed by atoms with Gasteiger partial charge >= 0.3 is 11.6 Å². The fraction of sp³-hybridized carbons (Fsp3) is 0.0833. The van der Waals surface area contributed by atoms with Gasteiger partial charge in [-0.05, 0) is 43.3 Å². The second-order valence-electron chi connectivity index (χ2n) is 7.28. The molecule has 2 aromatic heterocycles. The van der Waals surface area contributed by atoms with Gasteiger partial charge in [-0.2, -0.15) is 0 Å². The Morgan fingerprint density at radius 3 is 2.65 bits per heavy atom. The van der Waals surface area contributed by atoms with Crippen molar-refractivity contribution in [3.05, 3.63) is 87.7 Å². The molecule has 1 atom stereocenters. The SMILES string of the molecule is CC(Oc1ccc2c(-c3ccc(F)cc3Cl)cc(=O)oc2c1)C(=O)Nc1cncc(C(=O)O)c1. The normalized spacial score (nSPS) is 11.7. The number of ether oxygens (including phenoxy) is 1. The highest BCUT2D eigenvalue weighted by Crippen LogP contribution is 2.34. The van der Waals surface area contributed by atoms with Crippen molar-refractivity contribution in [1.82, 2.24) is 4.98 Å². The Balaban J connectivity index is 1.58. The van der Waals surface area contributed by atoms with Crippen LogP contribution in [0.3, 0.4) is 0 Å². The standard InChI is InChI=1S/C24H16ClFN2O6/c1-12(23(30)28-15-6-13(24(31)32)10-27-11-15)33-16-3-5-18-19(9-22(29)34-21(18)8-16)17-4-2-14(26)7-20(17)25/h2-12H,1H3,(H,28,30)(H,31,32). The minimum atomic E-state index is -1.17. The quantitative estimate of drug-likeness (QED) is 0.380. The van der Waals surface area contributed by atoms with Crippen molar-refractivity contribution in [2.75, 3.05) is 5.32 Å². The summed E-state index contributed by atoms with van der Waals surface area (Å²) in [5.41, 5.74) is 0.584. The van der Waals surface area contributed by atoms with Crippen LogP contribution in [0.5, 0.6) is 5.75 Å². The average molecular weight is 483 g/mol. The number of aromatic carboxylic acids is 1. The molecule has 1 amide bonds. The predicted molar refractivity (Wildman–Crippen MR) is 123 cm³/mol. The van der Waals surface area contributed by atoms with Crippen molar-refractivity contribution in [1.29, 1.82) is 0 Å². The maximum atomic E-state index is 13.4. The summed E-state index contributed by atoms with van der Waals surface area (Å²) >= 11 is 6.17. The molecule has 34 heavy (non-hydrogen) atoms. The first kappa shape index (κ1) is 22.9. The average Bonchev–Trinajstić information content (AvgIpc) is 2.78. The molecule has 1 unspecified atom stereocenters. The third-order valence-corrected chi connectivity index (χ3v) is 5.18. The van der Waals surface area contributed by atoms with Gasteiger partial charge in [0.25, 0.3) is 5.91 Å². The van der Waals surface area contributed by atoms with Crippen LogP contribution in [0.4, 0.5) is 10.1 Å². The first-order chi connectivity index (χ1) is 16.2. The number of nitrogens with one attached hydrogen (secondary N) is 1. The van der Waals surface area contributed by atoms with E-state index in [4.69, 9.17) is 25.9 Å². The van der Waals surface area contributed by atoms with Crippen molar-refractivity contribution >= 4 is 40.1 Å². The number of carboxylic acid groups (broad SMARTS) is 1. The molecular weight excluding hydrogens is 467 g/mol. The third kappa shape index (κ3) is 4.89. The fourth-order valence-electron chi connectivity index (χ4n) is 3.27. The molecule has 4 rings (SSSR count). The van der Waals surface area contributed by atoms with Crippen LogP contribution in [-0.4, -0.2) is 28.1 Å². The number of rotatable bonds is 6. The number of halogens is 2. The Morgan fingerprint density at radius 2 is 1.91 bits per heavy atom. The number of carboxylic acids is 1. The number of fused-ring (bicyclic) bond motifs is 1. The van der Waals surface area contributed by atoms with Crippen molar-refractivity contribution in [2.45, 2.75) is 13.0 Å². The van der Waals surface area contributed by atoms with E-state index in [9.17, 15) is 18.8 Å². The van der Waals surface area contributed by atoms with Crippen LogP contribution in [0.25, 0.3) is 22.1 Å². The summed E-state index contributed by atoms with van der Waals surface area (Å²) in [6.07, 6.45) is 1.49. The second-order valence-corrected chi connectivity index (χ2v) is 7.69. The van der Waals surface area contributed by atoms with Gasteiger partial charge in [0.2, 0.25) is 0 Å². The number of pyridine rings is 1. The molecule has 0 fully saturated rings. The van der Waals surface area contributed by atoms with E-state index in [2.05, 4.69) is 10.3 Å². The van der Waals surface area contributed by atoms with Crippen LogP contribution >= 0.6 is 11.6 Å². The van der Waals surface area contributed by atoms with Crippen LogP contribution in [-0.2, 0) is 4.79 Å². The van der Waals surface area contributed by atoms with E-state index < -0.39 is 29.4 Å². The van der Waals surface area contributed by atoms with E-state index >= 15 is 0 Å². The number of aromatic nitrogens is 1. The summed E-state index contributed by atoms with van der Waals surface area (Å²) in [6, 6.07) is 11.1. The first-order valence-corrected chi connectivity index (χ1v) is 10.3. The Kier molecular flexibility index (Phi) is 6.29. The number of hydrogen-bond acceptors (Lipinski definition) is 6. The molecule has 0 bridgehead atoms. The molecule has 0 radical (unpaired) electrons. The summed E-state index contributed by atoms with van der Waals surface area (Å²) in [6.45, 7) is 1.50. The molecule has 2 heterocycles. The smallest absolute Gasteiger partial charge is 0.337 e. The molecule has 2 N–H and O–H groups in total. The monoisotopic (exact) mass is 482 g/mol. The van der Waals surface area contributed by atoms with Gasteiger partial charge in [-0.15, -0.1) is 0 Å². The summed E-state index contributed by atoms with van der Waals surface area (Å²) in [7, 11) is 0. The largest absolute Gasteiger partial charge is 0.481 e. The Hall–Kier alpha value is -4.24. The van der Waals surface area contributed by atoms with Crippen LogP contribution < -0.4 is 15.7 Å². The van der Waals surface area contributed by atoms with E-state index in [0.717, 1.165) is 12.3 Å². The van der Waals surface area contributed by atoms with Crippen LogP contribution in [0.1, 0.15) is 17.3 Å². The molecular formula is C24H16ClFN2O6. The van der Waals surface area contributed by atoms with Crippen molar-refractivity contribution in [2.24, 2.45) is 0 Å². The summed E-state index contributed by atoms with van der Waals surface area (Å²) < 4.78 is 24.4. The lowest BCUT2D eigenvalue weighted by Crippen LogP contribution is -2.30. The number of anilines is 1. The van der Waals surface area contributed by atoms with Gasteiger partial charge in [-0.3, -0.25) is 9.78 Å². The zero-order valence-electron chi connectivity index (χ0n) is 17.5. The minimum Gasteiger partial charge on any atom is -0.481 e. The highest BCUT2D eigenvalue weighted by atomic mass is 35.5.